The van der Waals surface area contributed by atoms with E-state index in [0.29, 0.717) is 12.1 Å². The van der Waals surface area contributed by atoms with Gasteiger partial charge in [0.1, 0.15) is 5.82 Å². The molecule has 2 amide bonds. The summed E-state index contributed by atoms with van der Waals surface area (Å²) >= 11 is 0. The molecule has 1 atom stereocenters. The number of hydrogen-bond acceptors (Lipinski definition) is 2. The van der Waals surface area contributed by atoms with Crippen LogP contribution in [0.4, 0.5) is 9.18 Å². The lowest BCUT2D eigenvalue weighted by atomic mass is 10.1. The quantitative estimate of drug-likeness (QED) is 0.711. The van der Waals surface area contributed by atoms with Gasteiger partial charge in [-0.15, -0.1) is 0 Å². The molecule has 0 fully saturated rings. The van der Waals surface area contributed by atoms with Crippen molar-refractivity contribution in [2.24, 2.45) is 0 Å². The number of para-hydroxylation sites is 1. The number of carbonyl (C=O) groups excluding carboxylic acids is 1. The molecule has 0 spiro atoms. The summed E-state index contributed by atoms with van der Waals surface area (Å²) in [5, 5.41) is 10.2. The number of halogens is 1. The van der Waals surface area contributed by atoms with E-state index in [2.05, 4.69) is 15.7 Å². The number of carbonyl (C=O) groups is 1. The lowest BCUT2D eigenvalue weighted by Crippen LogP contribution is -2.37. The van der Waals surface area contributed by atoms with Gasteiger partial charge in [0.15, 0.2) is 0 Å². The number of urea groups is 1. The summed E-state index contributed by atoms with van der Waals surface area (Å²) in [6.07, 6.45) is 0. The summed E-state index contributed by atoms with van der Waals surface area (Å²) in [6.45, 7) is 6.00. The van der Waals surface area contributed by atoms with Gasteiger partial charge in [-0.1, -0.05) is 36.4 Å². The number of benzene rings is 2. The molecule has 27 heavy (non-hydrogen) atoms. The van der Waals surface area contributed by atoms with Crippen LogP contribution < -0.4 is 10.6 Å². The van der Waals surface area contributed by atoms with Crippen molar-refractivity contribution in [1.82, 2.24) is 20.4 Å². The summed E-state index contributed by atoms with van der Waals surface area (Å²) < 4.78 is 15.7. The zero-order valence-corrected chi connectivity index (χ0v) is 15.7. The fraction of sp³-hybridized carbons (Fsp3) is 0.238. The van der Waals surface area contributed by atoms with Crippen LogP contribution in [0.15, 0.2) is 54.6 Å². The van der Waals surface area contributed by atoms with Gasteiger partial charge in [0.25, 0.3) is 0 Å². The van der Waals surface area contributed by atoms with Crippen LogP contribution in [0, 0.1) is 19.7 Å². The molecule has 0 aliphatic carbocycles. The van der Waals surface area contributed by atoms with Gasteiger partial charge >= 0.3 is 6.03 Å². The molecule has 0 aliphatic rings. The highest BCUT2D eigenvalue weighted by Crippen LogP contribution is 2.18. The maximum Gasteiger partial charge on any atom is 0.315 e. The standard InChI is InChI=1S/C21H23FN4O/c1-14(18-11-7-8-12-20(18)22)24-21(27)23-13-19-15(2)25-26(16(19)3)17-9-5-4-6-10-17/h4-12,14H,13H2,1-3H3,(H2,23,24,27)/t14-/m0/s1. The normalized spacial score (nSPS) is 11.9. The molecule has 3 rings (SSSR count). The van der Waals surface area contributed by atoms with E-state index in [-0.39, 0.29) is 11.8 Å². The second kappa shape index (κ2) is 8.03. The summed E-state index contributed by atoms with van der Waals surface area (Å²) in [5.74, 6) is -0.332. The topological polar surface area (TPSA) is 59.0 Å². The summed E-state index contributed by atoms with van der Waals surface area (Å²) in [5.41, 5.74) is 4.23. The number of aromatic nitrogens is 2. The molecule has 0 saturated carbocycles. The maximum absolute atomic E-state index is 13.8. The van der Waals surface area contributed by atoms with Gasteiger partial charge in [0.05, 0.1) is 17.4 Å². The van der Waals surface area contributed by atoms with Crippen LogP contribution in [0.1, 0.15) is 35.5 Å². The fourth-order valence-electron chi connectivity index (χ4n) is 3.07. The summed E-state index contributed by atoms with van der Waals surface area (Å²) in [6, 6.07) is 15.5. The molecule has 1 aromatic heterocycles. The maximum atomic E-state index is 13.8. The summed E-state index contributed by atoms with van der Waals surface area (Å²) in [7, 11) is 0. The molecule has 0 saturated heterocycles. The zero-order valence-electron chi connectivity index (χ0n) is 15.7. The van der Waals surface area contributed by atoms with E-state index in [4.69, 9.17) is 0 Å². The average Bonchev–Trinajstić information content (AvgIpc) is 2.95. The van der Waals surface area contributed by atoms with Crippen molar-refractivity contribution in [3.05, 3.63) is 82.9 Å². The van der Waals surface area contributed by atoms with Crippen LogP contribution in [-0.2, 0) is 6.54 Å². The molecule has 0 bridgehead atoms. The third kappa shape index (κ3) is 4.16. The van der Waals surface area contributed by atoms with Crippen molar-refractivity contribution in [2.75, 3.05) is 0 Å². The molecule has 2 aromatic carbocycles. The monoisotopic (exact) mass is 366 g/mol. The van der Waals surface area contributed by atoms with Gasteiger partial charge in [0.2, 0.25) is 0 Å². The number of nitrogens with zero attached hydrogens (tertiary/aromatic N) is 2. The lowest BCUT2D eigenvalue weighted by molar-refractivity contribution is 0.237. The first-order chi connectivity index (χ1) is 13.0. The number of hydrogen-bond donors (Lipinski definition) is 2. The van der Waals surface area contributed by atoms with Crippen molar-refractivity contribution in [3.63, 3.8) is 0 Å². The predicted molar refractivity (Wildman–Crippen MR) is 103 cm³/mol. The van der Waals surface area contributed by atoms with Gasteiger partial charge in [-0.05, 0) is 39.0 Å². The number of rotatable bonds is 5. The van der Waals surface area contributed by atoms with Crippen LogP contribution in [0.5, 0.6) is 0 Å². The molecule has 140 valence electrons. The van der Waals surface area contributed by atoms with Gasteiger partial charge in [0, 0.05) is 23.4 Å². The zero-order chi connectivity index (χ0) is 19.4. The Morgan fingerprint density at radius 3 is 2.48 bits per heavy atom. The SMILES string of the molecule is Cc1nn(-c2ccccc2)c(C)c1CNC(=O)N[C@@H](C)c1ccccc1F. The third-order valence-electron chi connectivity index (χ3n) is 4.59. The molecule has 0 aliphatic heterocycles. The average molecular weight is 366 g/mol. The highest BCUT2D eigenvalue weighted by molar-refractivity contribution is 5.74. The largest absolute Gasteiger partial charge is 0.334 e. The Bertz CT molecular complexity index is 937. The molecule has 2 N–H and O–H groups in total. The first-order valence-electron chi connectivity index (χ1n) is 8.86. The smallest absolute Gasteiger partial charge is 0.315 e. The minimum absolute atomic E-state index is 0.332. The third-order valence-corrected chi connectivity index (χ3v) is 4.59. The molecular formula is C21H23FN4O. The first kappa shape index (κ1) is 18.6. The highest BCUT2D eigenvalue weighted by Gasteiger charge is 2.16. The minimum atomic E-state index is -0.430. The van der Waals surface area contributed by atoms with Crippen molar-refractivity contribution in [2.45, 2.75) is 33.4 Å². The Kier molecular flexibility index (Phi) is 5.54. The van der Waals surface area contributed by atoms with E-state index in [1.165, 1.54) is 6.07 Å². The Morgan fingerprint density at radius 2 is 1.78 bits per heavy atom. The second-order valence-electron chi connectivity index (χ2n) is 6.47. The van der Waals surface area contributed by atoms with Crippen LogP contribution in [0.3, 0.4) is 0 Å². The number of amides is 2. The Hall–Kier alpha value is -3.15. The van der Waals surface area contributed by atoms with Gasteiger partial charge in [-0.25, -0.2) is 13.9 Å². The van der Waals surface area contributed by atoms with E-state index >= 15 is 0 Å². The molecule has 0 unspecified atom stereocenters. The van der Waals surface area contributed by atoms with Crippen molar-refractivity contribution >= 4 is 6.03 Å². The van der Waals surface area contributed by atoms with E-state index in [9.17, 15) is 9.18 Å². The first-order valence-corrected chi connectivity index (χ1v) is 8.86. The molecule has 3 aromatic rings. The van der Waals surface area contributed by atoms with Crippen LogP contribution >= 0.6 is 0 Å². The van der Waals surface area contributed by atoms with E-state index in [1.807, 2.05) is 48.9 Å². The number of aryl methyl sites for hydroxylation is 1. The van der Waals surface area contributed by atoms with Crippen molar-refractivity contribution < 1.29 is 9.18 Å². The Morgan fingerprint density at radius 1 is 1.11 bits per heavy atom. The van der Waals surface area contributed by atoms with E-state index in [1.54, 1.807) is 25.1 Å². The van der Waals surface area contributed by atoms with Crippen LogP contribution in [0.2, 0.25) is 0 Å². The molecule has 0 radical (unpaired) electrons. The van der Waals surface area contributed by atoms with Crippen molar-refractivity contribution in [3.8, 4) is 5.69 Å². The second-order valence-corrected chi connectivity index (χ2v) is 6.47. The highest BCUT2D eigenvalue weighted by atomic mass is 19.1. The lowest BCUT2D eigenvalue weighted by Gasteiger charge is -2.16. The van der Waals surface area contributed by atoms with Crippen LogP contribution in [-0.4, -0.2) is 15.8 Å². The van der Waals surface area contributed by atoms with Gasteiger partial charge in [-0.3, -0.25) is 0 Å². The Labute approximate surface area is 158 Å². The summed E-state index contributed by atoms with van der Waals surface area (Å²) in [4.78, 5) is 12.2. The van der Waals surface area contributed by atoms with E-state index < -0.39 is 6.04 Å². The Balaban J connectivity index is 1.66. The van der Waals surface area contributed by atoms with Crippen LogP contribution in [0.25, 0.3) is 5.69 Å². The minimum Gasteiger partial charge on any atom is -0.334 e. The van der Waals surface area contributed by atoms with Gasteiger partial charge < -0.3 is 10.6 Å². The predicted octanol–water partition coefficient (Wildman–Crippen LogP) is 4.19. The molecule has 6 heteroatoms. The van der Waals surface area contributed by atoms with Gasteiger partial charge in [-0.2, -0.15) is 5.10 Å². The number of nitrogens with one attached hydrogen (secondary N) is 2. The fourth-order valence-corrected chi connectivity index (χ4v) is 3.07. The molecular weight excluding hydrogens is 343 g/mol. The van der Waals surface area contributed by atoms with E-state index in [0.717, 1.165) is 22.6 Å². The molecule has 5 nitrogen and oxygen atoms in total. The van der Waals surface area contributed by atoms with Crippen molar-refractivity contribution in [1.29, 1.82) is 0 Å². The molecule has 1 heterocycles.